The molecule has 0 spiro atoms. The monoisotopic (exact) mass is 227 g/mol. The Bertz CT molecular complexity index is 311. The lowest BCUT2D eigenvalue weighted by Gasteiger charge is -2.17. The molecule has 0 amide bonds. The third-order valence-electron chi connectivity index (χ3n) is 3.17. The van der Waals surface area contributed by atoms with E-state index in [0.717, 1.165) is 18.1 Å². The maximum atomic E-state index is 5.93. The van der Waals surface area contributed by atoms with Gasteiger partial charge >= 0.3 is 0 Å². The molecule has 2 atom stereocenters. The largest absolute Gasteiger partial charge is 0.308 e. The summed E-state index contributed by atoms with van der Waals surface area (Å²) in [5.74, 6) is 1.43. The summed E-state index contributed by atoms with van der Waals surface area (Å²) >= 11 is 5.93. The van der Waals surface area contributed by atoms with Gasteiger partial charge in [0.1, 0.15) is 0 Å². The van der Waals surface area contributed by atoms with Gasteiger partial charge in [0.2, 0.25) is 0 Å². The van der Waals surface area contributed by atoms with E-state index in [1.54, 1.807) is 0 Å². The van der Waals surface area contributed by atoms with Gasteiger partial charge in [-0.1, -0.05) is 6.42 Å². The molecule has 0 saturated heterocycles. The molecule has 3 nitrogen and oxygen atoms in total. The fourth-order valence-electron chi connectivity index (χ4n) is 2.28. The van der Waals surface area contributed by atoms with Gasteiger partial charge < -0.3 is 5.32 Å². The molecule has 1 saturated carbocycles. The summed E-state index contributed by atoms with van der Waals surface area (Å²) in [5.41, 5.74) is 1.11. The third kappa shape index (κ3) is 2.73. The van der Waals surface area contributed by atoms with E-state index in [1.165, 1.54) is 19.3 Å². The van der Waals surface area contributed by atoms with Crippen LogP contribution in [0.25, 0.3) is 0 Å². The minimum atomic E-state index is 0.588. The number of hydrogen-bond donors (Lipinski definition) is 1. The van der Waals surface area contributed by atoms with Gasteiger partial charge in [0.25, 0.3) is 0 Å². The van der Waals surface area contributed by atoms with E-state index in [4.69, 9.17) is 11.6 Å². The maximum absolute atomic E-state index is 5.93. The summed E-state index contributed by atoms with van der Waals surface area (Å²) in [6.07, 6.45) is 5.80. The molecule has 15 heavy (non-hydrogen) atoms. The maximum Gasteiger partial charge on any atom is 0.0762 e. The molecule has 84 valence electrons. The fraction of sp³-hybridized carbons (Fsp3) is 0.727. The summed E-state index contributed by atoms with van der Waals surface area (Å²) in [6.45, 7) is 0.860. The highest BCUT2D eigenvalue weighted by atomic mass is 35.5. The first kappa shape index (κ1) is 11.0. The van der Waals surface area contributed by atoms with Crippen molar-refractivity contribution in [3.63, 3.8) is 0 Å². The Morgan fingerprint density at radius 1 is 1.60 bits per heavy atom. The molecule has 1 aromatic rings. The molecule has 1 aromatic heterocycles. The van der Waals surface area contributed by atoms with Gasteiger partial charge in [0, 0.05) is 31.7 Å². The van der Waals surface area contributed by atoms with Gasteiger partial charge in [-0.05, 0) is 24.8 Å². The molecule has 1 N–H and O–H groups in total. The number of aryl methyl sites for hydroxylation is 1. The van der Waals surface area contributed by atoms with Crippen LogP contribution in [0.15, 0.2) is 12.3 Å². The van der Waals surface area contributed by atoms with Crippen molar-refractivity contribution in [1.29, 1.82) is 0 Å². The van der Waals surface area contributed by atoms with Crippen LogP contribution in [0.5, 0.6) is 0 Å². The Kier molecular flexibility index (Phi) is 3.65. The van der Waals surface area contributed by atoms with Crippen LogP contribution in [0.3, 0.4) is 0 Å². The third-order valence-corrected chi connectivity index (χ3v) is 3.57. The van der Waals surface area contributed by atoms with Crippen molar-refractivity contribution >= 4 is 11.6 Å². The van der Waals surface area contributed by atoms with Crippen LogP contribution < -0.4 is 5.32 Å². The standard InChI is InChI=1S/C11H18ClN3/c1-15-6-5-10(14-15)8-13-11-4-2-3-9(11)7-12/h5-6,9,11,13H,2-4,7-8H2,1H3. The summed E-state index contributed by atoms with van der Waals surface area (Å²) in [7, 11) is 1.95. The number of aromatic nitrogens is 2. The van der Waals surface area contributed by atoms with Crippen molar-refractivity contribution in [3.8, 4) is 0 Å². The second-order valence-corrected chi connectivity index (χ2v) is 4.62. The zero-order valence-electron chi connectivity index (χ0n) is 9.12. The van der Waals surface area contributed by atoms with E-state index in [9.17, 15) is 0 Å². The SMILES string of the molecule is Cn1ccc(CNC2CCCC2CCl)n1. The molecule has 0 aliphatic heterocycles. The molecule has 0 aromatic carbocycles. The number of hydrogen-bond acceptors (Lipinski definition) is 2. The fourth-order valence-corrected chi connectivity index (χ4v) is 2.65. The molecule has 0 radical (unpaired) electrons. The Hall–Kier alpha value is -0.540. The van der Waals surface area contributed by atoms with Gasteiger partial charge in [-0.2, -0.15) is 5.10 Å². The van der Waals surface area contributed by atoms with Crippen LogP contribution in [0, 0.1) is 5.92 Å². The average molecular weight is 228 g/mol. The first-order valence-electron chi connectivity index (χ1n) is 5.57. The molecule has 2 rings (SSSR count). The van der Waals surface area contributed by atoms with Crippen molar-refractivity contribution < 1.29 is 0 Å². The first-order valence-corrected chi connectivity index (χ1v) is 6.11. The number of halogens is 1. The van der Waals surface area contributed by atoms with E-state index < -0.39 is 0 Å². The number of rotatable bonds is 4. The van der Waals surface area contributed by atoms with Crippen molar-refractivity contribution in [3.05, 3.63) is 18.0 Å². The summed E-state index contributed by atoms with van der Waals surface area (Å²) in [6, 6.07) is 2.64. The number of nitrogens with one attached hydrogen (secondary N) is 1. The topological polar surface area (TPSA) is 29.9 Å². The van der Waals surface area contributed by atoms with Crippen molar-refractivity contribution in [2.75, 3.05) is 5.88 Å². The smallest absolute Gasteiger partial charge is 0.0762 e. The van der Waals surface area contributed by atoms with Crippen molar-refractivity contribution in [1.82, 2.24) is 15.1 Å². The quantitative estimate of drug-likeness (QED) is 0.797. The zero-order chi connectivity index (χ0) is 10.7. The zero-order valence-corrected chi connectivity index (χ0v) is 9.87. The summed E-state index contributed by atoms with van der Waals surface area (Å²) < 4.78 is 1.84. The van der Waals surface area contributed by atoms with E-state index in [0.29, 0.717) is 12.0 Å². The van der Waals surface area contributed by atoms with E-state index >= 15 is 0 Å². The minimum Gasteiger partial charge on any atom is -0.308 e. The molecule has 1 aliphatic rings. The Labute approximate surface area is 95.8 Å². The van der Waals surface area contributed by atoms with E-state index in [1.807, 2.05) is 17.9 Å². The predicted octanol–water partition coefficient (Wildman–Crippen LogP) is 1.92. The Morgan fingerprint density at radius 3 is 3.13 bits per heavy atom. The van der Waals surface area contributed by atoms with Gasteiger partial charge in [-0.25, -0.2) is 0 Å². The molecular weight excluding hydrogens is 210 g/mol. The van der Waals surface area contributed by atoms with Crippen LogP contribution in [0.1, 0.15) is 25.0 Å². The molecule has 1 heterocycles. The van der Waals surface area contributed by atoms with Crippen LogP contribution in [0.2, 0.25) is 0 Å². The highest BCUT2D eigenvalue weighted by Gasteiger charge is 2.25. The summed E-state index contributed by atoms with van der Waals surface area (Å²) in [4.78, 5) is 0. The highest BCUT2D eigenvalue weighted by Crippen LogP contribution is 2.26. The highest BCUT2D eigenvalue weighted by molar-refractivity contribution is 6.18. The second-order valence-electron chi connectivity index (χ2n) is 4.31. The second kappa shape index (κ2) is 4.99. The summed E-state index contributed by atoms with van der Waals surface area (Å²) in [5, 5.41) is 7.90. The van der Waals surface area contributed by atoms with E-state index in [2.05, 4.69) is 16.5 Å². The Morgan fingerprint density at radius 2 is 2.47 bits per heavy atom. The van der Waals surface area contributed by atoms with Gasteiger partial charge in [-0.3, -0.25) is 4.68 Å². The normalized spacial score (nSPS) is 26.0. The lowest BCUT2D eigenvalue weighted by Crippen LogP contribution is -2.32. The Balaban J connectivity index is 1.82. The van der Waals surface area contributed by atoms with Crippen LogP contribution >= 0.6 is 11.6 Å². The minimum absolute atomic E-state index is 0.588. The molecule has 2 unspecified atom stereocenters. The first-order chi connectivity index (χ1) is 7.29. The molecule has 4 heteroatoms. The lowest BCUT2D eigenvalue weighted by atomic mass is 10.1. The predicted molar refractivity (Wildman–Crippen MR) is 61.9 cm³/mol. The lowest BCUT2D eigenvalue weighted by molar-refractivity contribution is 0.426. The van der Waals surface area contributed by atoms with Crippen LogP contribution in [-0.2, 0) is 13.6 Å². The van der Waals surface area contributed by atoms with E-state index in [-0.39, 0.29) is 0 Å². The van der Waals surface area contributed by atoms with Crippen LogP contribution in [0.4, 0.5) is 0 Å². The van der Waals surface area contributed by atoms with Crippen molar-refractivity contribution in [2.24, 2.45) is 13.0 Å². The molecule has 1 aliphatic carbocycles. The molecule has 1 fully saturated rings. The molecule has 0 bridgehead atoms. The number of nitrogens with zero attached hydrogens (tertiary/aromatic N) is 2. The van der Waals surface area contributed by atoms with Gasteiger partial charge in [-0.15, -0.1) is 11.6 Å². The van der Waals surface area contributed by atoms with Gasteiger partial charge in [0.05, 0.1) is 5.69 Å². The van der Waals surface area contributed by atoms with Crippen molar-refractivity contribution in [2.45, 2.75) is 31.8 Å². The molecular formula is C11H18ClN3. The number of alkyl halides is 1. The van der Waals surface area contributed by atoms with Crippen LogP contribution in [-0.4, -0.2) is 21.7 Å². The van der Waals surface area contributed by atoms with Gasteiger partial charge in [0.15, 0.2) is 0 Å². The average Bonchev–Trinajstić information content (AvgIpc) is 2.83.